The van der Waals surface area contributed by atoms with Crippen molar-refractivity contribution in [2.45, 2.75) is 4.26 Å². The summed E-state index contributed by atoms with van der Waals surface area (Å²) in [6.45, 7) is 0.0541. The number of imidazole rings is 1. The first-order valence-electron chi connectivity index (χ1n) is 3.66. The van der Waals surface area contributed by atoms with Crippen LogP contribution in [0.5, 0.6) is 0 Å². The molecule has 5 nitrogen and oxygen atoms in total. The molecule has 2 heterocycles. The number of aromatic nitrogens is 4. The van der Waals surface area contributed by atoms with Crippen molar-refractivity contribution in [1.82, 2.24) is 19.5 Å². The summed E-state index contributed by atoms with van der Waals surface area (Å²) in [7, 11) is 0. The molecule has 0 aliphatic carbocycles. The van der Waals surface area contributed by atoms with E-state index in [0.29, 0.717) is 0 Å². The molecule has 0 fully saturated rings. The molecule has 1 atom stereocenters. The fourth-order valence-corrected chi connectivity index (χ4v) is 1.47. The molecule has 0 aliphatic rings. The fourth-order valence-electron chi connectivity index (χ4n) is 1.06. The summed E-state index contributed by atoms with van der Waals surface area (Å²) in [4.78, 5) is 12.0. The zero-order valence-corrected chi connectivity index (χ0v) is 8.72. The molecule has 0 saturated carbocycles. The third-order valence-electron chi connectivity index (χ3n) is 1.66. The van der Waals surface area contributed by atoms with Gasteiger partial charge in [-0.3, -0.25) is 0 Å². The van der Waals surface area contributed by atoms with Crippen molar-refractivity contribution in [3.8, 4) is 0 Å². The monoisotopic (exact) mass is 360 g/mol. The molecule has 1 N–H and O–H groups in total. The van der Waals surface area contributed by atoms with Crippen LogP contribution in [0.4, 0.5) is 0 Å². The summed E-state index contributed by atoms with van der Waals surface area (Å²) in [6, 6.07) is 0. The molecule has 2 aromatic heterocycles. The summed E-state index contributed by atoms with van der Waals surface area (Å²) < 4.78 is 1.75. The van der Waals surface area contributed by atoms with E-state index in [1.807, 2.05) is 0 Å². The molecule has 2 rings (SSSR count). The Kier molecular flexibility index (Phi) is 2.41. The Hall–Kier alpha value is -0.750. The molecule has 0 radical (unpaired) electrons. The van der Waals surface area contributed by atoms with Crippen molar-refractivity contribution >= 4 is 11.2 Å². The molecule has 72 valence electrons. The standard InChI is InChI=1S/C7H7N4O.Au/c12-2-1-11-5-10-6-3-8-4-9-7(6)11;/h1,3-5,12H,2H2;. The van der Waals surface area contributed by atoms with Gasteiger partial charge in [0.1, 0.15) is 0 Å². The Balaban J connectivity index is 2.57. The predicted molar refractivity (Wildman–Crippen MR) is 41.4 cm³/mol. The van der Waals surface area contributed by atoms with Crippen LogP contribution in [0.15, 0.2) is 18.9 Å². The summed E-state index contributed by atoms with van der Waals surface area (Å²) in [6.07, 6.45) is 4.77. The van der Waals surface area contributed by atoms with Crippen LogP contribution < -0.4 is 0 Å². The van der Waals surface area contributed by atoms with Crippen molar-refractivity contribution < 1.29 is 26.2 Å². The Morgan fingerprint density at radius 2 is 2.38 bits per heavy atom. The fraction of sp³-hybridized carbons (Fsp3) is 0.286. The molecular weight excluding hydrogens is 353 g/mol. The van der Waals surface area contributed by atoms with E-state index in [2.05, 4.69) is 36.0 Å². The number of aliphatic hydroxyl groups is 1. The van der Waals surface area contributed by atoms with Gasteiger partial charge in [0.2, 0.25) is 0 Å². The number of nitrogens with zero attached hydrogens (tertiary/aromatic N) is 4. The zero-order valence-electron chi connectivity index (χ0n) is 6.55. The van der Waals surface area contributed by atoms with Crippen molar-refractivity contribution in [1.29, 1.82) is 0 Å². The van der Waals surface area contributed by atoms with E-state index in [-0.39, 0.29) is 10.9 Å². The van der Waals surface area contributed by atoms with Crippen LogP contribution in [0.2, 0.25) is 0 Å². The van der Waals surface area contributed by atoms with Crippen LogP contribution >= 0.6 is 0 Å². The first-order valence-corrected chi connectivity index (χ1v) is 4.91. The first kappa shape index (κ1) is 8.83. The number of fused-ring (bicyclic) bond motifs is 1. The number of aliphatic hydroxyl groups excluding tert-OH is 1. The molecule has 6 heteroatoms. The molecule has 0 spiro atoms. The van der Waals surface area contributed by atoms with Gasteiger partial charge in [-0.15, -0.1) is 0 Å². The van der Waals surface area contributed by atoms with E-state index < -0.39 is 0 Å². The topological polar surface area (TPSA) is 63.8 Å². The molecular formula is C7H7AuN4O. The van der Waals surface area contributed by atoms with Gasteiger partial charge in [0.05, 0.1) is 0 Å². The van der Waals surface area contributed by atoms with E-state index in [9.17, 15) is 0 Å². The summed E-state index contributed by atoms with van der Waals surface area (Å²) in [5.74, 6) is 0. The van der Waals surface area contributed by atoms with Crippen LogP contribution in [-0.2, 0) is 21.1 Å². The van der Waals surface area contributed by atoms with Crippen molar-refractivity contribution in [2.24, 2.45) is 0 Å². The van der Waals surface area contributed by atoms with Crippen LogP contribution in [-0.4, -0.2) is 31.2 Å². The third-order valence-corrected chi connectivity index (χ3v) is 2.65. The minimum absolute atomic E-state index is 0.0541. The van der Waals surface area contributed by atoms with E-state index >= 15 is 0 Å². The van der Waals surface area contributed by atoms with E-state index in [1.54, 1.807) is 17.1 Å². The Morgan fingerprint density at radius 3 is 3.15 bits per heavy atom. The molecule has 0 amide bonds. The van der Waals surface area contributed by atoms with Crippen molar-refractivity contribution in [3.05, 3.63) is 18.9 Å². The molecule has 2 aromatic rings. The Morgan fingerprint density at radius 1 is 1.54 bits per heavy atom. The van der Waals surface area contributed by atoms with Crippen LogP contribution in [0, 0.1) is 0 Å². The number of hydrogen-bond acceptors (Lipinski definition) is 4. The summed E-state index contributed by atoms with van der Waals surface area (Å²) in [5, 5.41) is 8.96. The Bertz CT molecular complexity index is 416. The first-order chi connectivity index (χ1) is 6.33. The second kappa shape index (κ2) is 3.55. The van der Waals surface area contributed by atoms with E-state index in [1.165, 1.54) is 6.33 Å². The number of hydrogen-bond donors (Lipinski definition) is 1. The molecule has 0 saturated heterocycles. The number of rotatable bonds is 2. The van der Waals surface area contributed by atoms with Crippen molar-refractivity contribution in [3.63, 3.8) is 0 Å². The average Bonchev–Trinajstić information content (AvgIpc) is 2.60. The third kappa shape index (κ3) is 1.51. The maximum absolute atomic E-state index is 8.96. The maximum atomic E-state index is 8.96. The van der Waals surface area contributed by atoms with Gasteiger partial charge in [-0.25, -0.2) is 0 Å². The molecule has 1 unspecified atom stereocenters. The second-order valence-corrected chi connectivity index (χ2v) is 3.89. The normalized spacial score (nSPS) is 13.5. The van der Waals surface area contributed by atoms with Gasteiger partial charge in [0.15, 0.2) is 0 Å². The Labute approximate surface area is 86.8 Å². The molecule has 0 aromatic carbocycles. The van der Waals surface area contributed by atoms with Gasteiger partial charge in [-0.1, -0.05) is 0 Å². The molecule has 0 bridgehead atoms. The van der Waals surface area contributed by atoms with Crippen LogP contribution in [0.3, 0.4) is 0 Å². The van der Waals surface area contributed by atoms with Gasteiger partial charge >= 0.3 is 86.6 Å². The average molecular weight is 360 g/mol. The minimum atomic E-state index is -0.0556. The predicted octanol–water partition coefficient (Wildman–Crippen LogP) is -0.136. The van der Waals surface area contributed by atoms with Gasteiger partial charge in [0.25, 0.3) is 0 Å². The van der Waals surface area contributed by atoms with Gasteiger partial charge in [-0.05, 0) is 0 Å². The quantitative estimate of drug-likeness (QED) is 0.758. The van der Waals surface area contributed by atoms with E-state index in [0.717, 1.165) is 11.2 Å². The SMILES string of the molecule is OC[CH]([Au])n1cnc2cncnc21. The van der Waals surface area contributed by atoms with Gasteiger partial charge in [0, 0.05) is 0 Å². The van der Waals surface area contributed by atoms with Gasteiger partial charge < -0.3 is 0 Å². The van der Waals surface area contributed by atoms with Crippen LogP contribution in [0.25, 0.3) is 11.2 Å². The zero-order chi connectivity index (χ0) is 9.26. The molecule has 0 aliphatic heterocycles. The van der Waals surface area contributed by atoms with E-state index in [4.69, 9.17) is 5.11 Å². The van der Waals surface area contributed by atoms with Crippen LogP contribution in [0.1, 0.15) is 4.26 Å². The second-order valence-electron chi connectivity index (χ2n) is 2.45. The summed E-state index contributed by atoms with van der Waals surface area (Å²) >= 11 is 2.32. The van der Waals surface area contributed by atoms with Crippen molar-refractivity contribution in [2.75, 3.05) is 6.61 Å². The summed E-state index contributed by atoms with van der Waals surface area (Å²) in [5.41, 5.74) is 1.49. The van der Waals surface area contributed by atoms with Gasteiger partial charge in [-0.2, -0.15) is 0 Å². The molecule has 13 heavy (non-hydrogen) atoms.